The monoisotopic (exact) mass is 288 g/mol. The Morgan fingerprint density at radius 2 is 1.76 bits per heavy atom. The van der Waals surface area contributed by atoms with Gasteiger partial charge in [-0.15, -0.1) is 0 Å². The molecule has 116 valence electrons. The van der Waals surface area contributed by atoms with Crippen molar-refractivity contribution in [3.8, 4) is 5.75 Å². The molecule has 0 radical (unpaired) electrons. The fourth-order valence-corrected chi connectivity index (χ4v) is 4.40. The molecular weight excluding hydrogens is 260 g/mol. The summed E-state index contributed by atoms with van der Waals surface area (Å²) >= 11 is 0. The zero-order valence-corrected chi connectivity index (χ0v) is 13.1. The van der Waals surface area contributed by atoms with E-state index in [-0.39, 0.29) is 6.10 Å². The molecule has 21 heavy (non-hydrogen) atoms. The van der Waals surface area contributed by atoms with E-state index in [4.69, 9.17) is 4.74 Å². The topological polar surface area (TPSA) is 29.5 Å². The molecule has 2 nitrogen and oxygen atoms in total. The number of aliphatic hydroxyl groups is 1. The third kappa shape index (κ3) is 3.42. The Morgan fingerprint density at radius 1 is 1.05 bits per heavy atom. The van der Waals surface area contributed by atoms with Crippen LogP contribution in [-0.2, 0) is 0 Å². The number of aliphatic hydroxyl groups excluding tert-OH is 1. The normalized spacial score (nSPS) is 30.5. The highest BCUT2D eigenvalue weighted by molar-refractivity contribution is 5.28. The van der Waals surface area contributed by atoms with Crippen LogP contribution >= 0.6 is 0 Å². The molecule has 0 aromatic heterocycles. The number of hydrogen-bond acceptors (Lipinski definition) is 2. The molecule has 2 heteroatoms. The van der Waals surface area contributed by atoms with Gasteiger partial charge in [-0.1, -0.05) is 37.8 Å². The van der Waals surface area contributed by atoms with Gasteiger partial charge in [0.2, 0.25) is 0 Å². The molecule has 0 heterocycles. The second kappa shape index (κ2) is 6.83. The van der Waals surface area contributed by atoms with Gasteiger partial charge in [0.25, 0.3) is 0 Å². The van der Waals surface area contributed by atoms with Crippen molar-refractivity contribution in [2.24, 2.45) is 17.8 Å². The minimum atomic E-state index is -0.302. The zero-order chi connectivity index (χ0) is 14.7. The van der Waals surface area contributed by atoms with Crippen LogP contribution in [0.1, 0.15) is 63.5 Å². The SMILES string of the molecule is CCOc1ccc(C(O)C2CCC3CCCCC3C2)cc1. The number of fused-ring (bicyclic) bond motifs is 1. The minimum absolute atomic E-state index is 0.302. The molecule has 0 amide bonds. The van der Waals surface area contributed by atoms with Crippen molar-refractivity contribution in [3.63, 3.8) is 0 Å². The fraction of sp³-hybridized carbons (Fsp3) is 0.684. The molecule has 0 saturated heterocycles. The van der Waals surface area contributed by atoms with Crippen molar-refractivity contribution in [1.82, 2.24) is 0 Å². The van der Waals surface area contributed by atoms with Crippen molar-refractivity contribution < 1.29 is 9.84 Å². The van der Waals surface area contributed by atoms with Gasteiger partial charge in [-0.3, -0.25) is 0 Å². The summed E-state index contributed by atoms with van der Waals surface area (Å²) in [7, 11) is 0. The Hall–Kier alpha value is -1.02. The maximum atomic E-state index is 10.7. The number of benzene rings is 1. The molecule has 2 fully saturated rings. The van der Waals surface area contributed by atoms with Gasteiger partial charge >= 0.3 is 0 Å². The van der Waals surface area contributed by atoms with Crippen molar-refractivity contribution in [1.29, 1.82) is 0 Å². The predicted molar refractivity (Wildman–Crippen MR) is 85.4 cm³/mol. The quantitative estimate of drug-likeness (QED) is 0.868. The average molecular weight is 288 g/mol. The van der Waals surface area contributed by atoms with E-state index in [1.54, 1.807) is 0 Å². The minimum Gasteiger partial charge on any atom is -0.494 e. The molecule has 2 aliphatic carbocycles. The van der Waals surface area contributed by atoms with Gasteiger partial charge in [-0.05, 0) is 61.6 Å². The molecule has 2 aliphatic rings. The van der Waals surface area contributed by atoms with Crippen molar-refractivity contribution in [2.75, 3.05) is 6.61 Å². The zero-order valence-electron chi connectivity index (χ0n) is 13.1. The third-order valence-electron chi connectivity index (χ3n) is 5.56. The summed E-state index contributed by atoms with van der Waals surface area (Å²) < 4.78 is 5.48. The van der Waals surface area contributed by atoms with Crippen LogP contribution in [0.2, 0.25) is 0 Å². The summed E-state index contributed by atoms with van der Waals surface area (Å²) in [4.78, 5) is 0. The largest absolute Gasteiger partial charge is 0.494 e. The molecule has 0 spiro atoms. The highest BCUT2D eigenvalue weighted by Gasteiger charge is 2.35. The van der Waals surface area contributed by atoms with Gasteiger partial charge in [-0.2, -0.15) is 0 Å². The average Bonchev–Trinajstić information content (AvgIpc) is 2.55. The summed E-state index contributed by atoms with van der Waals surface area (Å²) in [5.74, 6) is 3.16. The lowest BCUT2D eigenvalue weighted by Crippen LogP contribution is -2.30. The predicted octanol–water partition coefficient (Wildman–Crippen LogP) is 4.73. The maximum Gasteiger partial charge on any atom is 0.119 e. The summed E-state index contributed by atoms with van der Waals surface area (Å²) in [6, 6.07) is 8.02. The van der Waals surface area contributed by atoms with E-state index in [9.17, 15) is 5.11 Å². The molecule has 0 aliphatic heterocycles. The van der Waals surface area contributed by atoms with Gasteiger partial charge in [0.05, 0.1) is 12.7 Å². The smallest absolute Gasteiger partial charge is 0.119 e. The second-order valence-corrected chi connectivity index (χ2v) is 6.82. The first-order valence-electron chi connectivity index (χ1n) is 8.68. The molecule has 1 N–H and O–H groups in total. The Kier molecular flexibility index (Phi) is 4.84. The molecular formula is C19H28O2. The number of hydrogen-bond donors (Lipinski definition) is 1. The standard InChI is InChI=1S/C19H28O2/c1-2-21-18-11-9-15(10-12-18)19(20)17-8-7-14-5-3-4-6-16(14)13-17/h9-12,14,16-17,19-20H,2-8,13H2,1H3. The number of ether oxygens (including phenoxy) is 1. The highest BCUT2D eigenvalue weighted by atomic mass is 16.5. The number of rotatable bonds is 4. The molecule has 4 unspecified atom stereocenters. The first-order valence-corrected chi connectivity index (χ1v) is 8.68. The van der Waals surface area contributed by atoms with Gasteiger partial charge in [-0.25, -0.2) is 0 Å². The summed E-state index contributed by atoms with van der Waals surface area (Å²) in [5, 5.41) is 10.7. The molecule has 1 aromatic rings. The Bertz CT molecular complexity index is 439. The van der Waals surface area contributed by atoms with Crippen LogP contribution in [0, 0.1) is 17.8 Å². The summed E-state index contributed by atoms with van der Waals surface area (Å²) in [6.07, 6.45) is 9.06. The van der Waals surface area contributed by atoms with E-state index in [0.29, 0.717) is 12.5 Å². The van der Waals surface area contributed by atoms with Crippen LogP contribution in [0.5, 0.6) is 5.75 Å². The Morgan fingerprint density at radius 3 is 2.48 bits per heavy atom. The van der Waals surface area contributed by atoms with Crippen LogP contribution in [0.25, 0.3) is 0 Å². The van der Waals surface area contributed by atoms with E-state index < -0.39 is 0 Å². The van der Waals surface area contributed by atoms with Crippen molar-refractivity contribution in [2.45, 2.75) is 58.0 Å². The lowest BCUT2D eigenvalue weighted by atomic mass is 9.66. The molecule has 2 saturated carbocycles. The van der Waals surface area contributed by atoms with Crippen LogP contribution < -0.4 is 4.74 Å². The molecule has 4 atom stereocenters. The van der Waals surface area contributed by atoms with Crippen molar-refractivity contribution in [3.05, 3.63) is 29.8 Å². The van der Waals surface area contributed by atoms with Gasteiger partial charge in [0.1, 0.15) is 5.75 Å². The van der Waals surface area contributed by atoms with Crippen molar-refractivity contribution >= 4 is 0 Å². The third-order valence-corrected chi connectivity index (χ3v) is 5.56. The fourth-order valence-electron chi connectivity index (χ4n) is 4.40. The highest BCUT2D eigenvalue weighted by Crippen LogP contribution is 2.46. The van der Waals surface area contributed by atoms with E-state index in [2.05, 4.69) is 0 Å². The second-order valence-electron chi connectivity index (χ2n) is 6.82. The van der Waals surface area contributed by atoms with Crippen LogP contribution in [0.3, 0.4) is 0 Å². The van der Waals surface area contributed by atoms with Crippen LogP contribution in [0.4, 0.5) is 0 Å². The summed E-state index contributed by atoms with van der Waals surface area (Å²) in [6.45, 7) is 2.68. The first-order chi connectivity index (χ1) is 10.3. The summed E-state index contributed by atoms with van der Waals surface area (Å²) in [5.41, 5.74) is 1.05. The van der Waals surface area contributed by atoms with Gasteiger partial charge in [0.15, 0.2) is 0 Å². The Labute approximate surface area is 128 Å². The lowest BCUT2D eigenvalue weighted by molar-refractivity contribution is 0.0349. The van der Waals surface area contributed by atoms with E-state index in [1.165, 1.54) is 44.9 Å². The molecule has 0 bridgehead atoms. The maximum absolute atomic E-state index is 10.7. The Balaban J connectivity index is 1.63. The first kappa shape index (κ1) is 14.9. The van der Waals surface area contributed by atoms with Crippen LogP contribution in [-0.4, -0.2) is 11.7 Å². The molecule has 1 aromatic carbocycles. The molecule has 3 rings (SSSR count). The van der Waals surface area contributed by atoms with Crippen LogP contribution in [0.15, 0.2) is 24.3 Å². The van der Waals surface area contributed by atoms with E-state index in [0.717, 1.165) is 23.1 Å². The van der Waals surface area contributed by atoms with E-state index >= 15 is 0 Å². The van der Waals surface area contributed by atoms with E-state index in [1.807, 2.05) is 31.2 Å². The van der Waals surface area contributed by atoms with Gasteiger partial charge in [0, 0.05) is 0 Å². The lowest BCUT2D eigenvalue weighted by Gasteiger charge is -2.40. The van der Waals surface area contributed by atoms with Gasteiger partial charge < -0.3 is 9.84 Å².